The molecule has 3 unspecified atom stereocenters. The number of nitrogens with zero attached hydrogens (tertiary/aromatic N) is 5. The Morgan fingerprint density at radius 3 is 2.02 bits per heavy atom. The van der Waals surface area contributed by atoms with Gasteiger partial charge in [-0.15, -0.1) is 0 Å². The molecule has 2 aromatic rings. The summed E-state index contributed by atoms with van der Waals surface area (Å²) in [5, 5.41) is 16.3. The molecule has 1 aromatic carbocycles. The Balaban J connectivity index is 0.000000426. The van der Waals surface area contributed by atoms with Crippen LogP contribution in [0.2, 0.25) is 5.02 Å². The van der Waals surface area contributed by atoms with E-state index in [1.54, 1.807) is 12.4 Å². The quantitative estimate of drug-likeness (QED) is 0.228. The van der Waals surface area contributed by atoms with Gasteiger partial charge in [0.15, 0.2) is 0 Å². The van der Waals surface area contributed by atoms with E-state index >= 15 is 0 Å². The summed E-state index contributed by atoms with van der Waals surface area (Å²) >= 11 is 6.03. The predicted molar refractivity (Wildman–Crippen MR) is 160 cm³/mol. The molecule has 0 radical (unpaired) electrons. The summed E-state index contributed by atoms with van der Waals surface area (Å²) in [4.78, 5) is 60.4. The molecule has 232 valence electrons. The number of ether oxygens (including phenoxy) is 1. The second-order valence-electron chi connectivity index (χ2n) is 11.2. The standard InChI is InChI=1S/C27H30ClN5O3.C4H4O4/c28-21-6-2-18(3-7-21)17-36-22(15-31-10-12-32(13-11-31)27-29-8-1-9-30-27)16-33-25(34)23-19-4-5-20(14-19)24(23)26(33)35;5-3(6)1-2-4(7)8/h1-9,19-20,22-24H,10-17H2;1-2H,(H,5,6)(H,7,8)/b;2-1-/t19-,20?,22?,23-,24?;/m0./s1. The molecule has 3 fully saturated rings. The normalized spacial score (nSPS) is 24.8. The number of piperazine rings is 1. The minimum absolute atomic E-state index is 0.0204. The molecule has 2 saturated heterocycles. The first kappa shape index (κ1) is 31.3. The van der Waals surface area contributed by atoms with E-state index in [1.807, 2.05) is 30.3 Å². The Hall–Kier alpha value is -4.13. The average molecular weight is 624 g/mol. The van der Waals surface area contributed by atoms with Crippen molar-refractivity contribution in [3.05, 3.63) is 77.6 Å². The highest BCUT2D eigenvalue weighted by Gasteiger charge is 2.59. The van der Waals surface area contributed by atoms with Gasteiger partial charge >= 0.3 is 11.9 Å². The molecule has 2 amide bonds. The summed E-state index contributed by atoms with van der Waals surface area (Å²) < 4.78 is 6.35. The number of carbonyl (C=O) groups excluding carboxylic acids is 2. The Morgan fingerprint density at radius 1 is 0.909 bits per heavy atom. The van der Waals surface area contributed by atoms with E-state index in [0.29, 0.717) is 36.9 Å². The van der Waals surface area contributed by atoms with Gasteiger partial charge in [-0.3, -0.25) is 19.4 Å². The number of hydrogen-bond acceptors (Lipinski definition) is 9. The number of hydrogen-bond donors (Lipinski definition) is 2. The SMILES string of the molecule is O=C(O)/C=C\C(=O)O.O=C1C2C3C=C[C@@H](C3)[C@@H]2C(=O)N1CC(CN1CCN(c2ncccn2)CC1)OCc1ccc(Cl)cc1. The molecule has 13 heteroatoms. The van der Waals surface area contributed by atoms with E-state index in [4.69, 9.17) is 26.6 Å². The van der Waals surface area contributed by atoms with Gasteiger partial charge in [-0.1, -0.05) is 35.9 Å². The van der Waals surface area contributed by atoms with Crippen LogP contribution in [-0.2, 0) is 30.5 Å². The molecular weight excluding hydrogens is 590 g/mol. The molecule has 1 aromatic heterocycles. The van der Waals surface area contributed by atoms with Crippen molar-refractivity contribution >= 4 is 41.3 Å². The fourth-order valence-electron chi connectivity index (χ4n) is 6.32. The first-order valence-corrected chi connectivity index (χ1v) is 14.8. The maximum Gasteiger partial charge on any atom is 0.328 e. The number of imide groups is 1. The molecule has 2 aliphatic carbocycles. The van der Waals surface area contributed by atoms with Gasteiger partial charge in [0.25, 0.3) is 0 Å². The zero-order valence-corrected chi connectivity index (χ0v) is 24.7. The maximum atomic E-state index is 13.3. The number of aromatic nitrogens is 2. The van der Waals surface area contributed by atoms with Crippen molar-refractivity contribution in [3.8, 4) is 0 Å². The Morgan fingerprint density at radius 2 is 1.48 bits per heavy atom. The average Bonchev–Trinajstić information content (AvgIpc) is 3.71. The first-order valence-electron chi connectivity index (χ1n) is 14.5. The monoisotopic (exact) mass is 623 g/mol. The molecule has 6 rings (SSSR count). The highest BCUT2D eigenvalue weighted by atomic mass is 35.5. The summed E-state index contributed by atoms with van der Waals surface area (Å²) in [6.07, 6.45) is 9.55. The van der Waals surface area contributed by atoms with Crippen molar-refractivity contribution in [2.24, 2.45) is 23.7 Å². The molecule has 2 N–H and O–H groups in total. The number of allylic oxidation sites excluding steroid dienone is 2. The first-order chi connectivity index (χ1) is 21.2. The number of halogens is 1. The van der Waals surface area contributed by atoms with Crippen LogP contribution < -0.4 is 4.90 Å². The zero-order chi connectivity index (χ0) is 31.2. The van der Waals surface area contributed by atoms with Gasteiger partial charge < -0.3 is 19.8 Å². The topological polar surface area (TPSA) is 153 Å². The van der Waals surface area contributed by atoms with Crippen LogP contribution in [0.3, 0.4) is 0 Å². The van der Waals surface area contributed by atoms with Crippen molar-refractivity contribution in [2.75, 3.05) is 44.2 Å². The lowest BCUT2D eigenvalue weighted by molar-refractivity contribution is -0.143. The molecule has 1 saturated carbocycles. The number of anilines is 1. The third-order valence-corrected chi connectivity index (χ3v) is 8.64. The van der Waals surface area contributed by atoms with Gasteiger partial charge in [-0.05, 0) is 42.0 Å². The highest BCUT2D eigenvalue weighted by Crippen LogP contribution is 2.52. The number of fused-ring (bicyclic) bond motifs is 5. The van der Waals surface area contributed by atoms with Gasteiger partial charge in [0, 0.05) is 62.3 Å². The maximum absolute atomic E-state index is 13.3. The summed E-state index contributed by atoms with van der Waals surface area (Å²) in [7, 11) is 0. The van der Waals surface area contributed by atoms with Gasteiger partial charge in [-0.25, -0.2) is 19.6 Å². The lowest BCUT2D eigenvalue weighted by Gasteiger charge is -2.37. The molecule has 2 aliphatic heterocycles. The van der Waals surface area contributed by atoms with Crippen molar-refractivity contribution in [1.29, 1.82) is 0 Å². The van der Waals surface area contributed by atoms with Crippen molar-refractivity contribution in [3.63, 3.8) is 0 Å². The smallest absolute Gasteiger partial charge is 0.328 e. The Bertz CT molecular complexity index is 1370. The number of carboxylic acids is 2. The third-order valence-electron chi connectivity index (χ3n) is 8.38. The summed E-state index contributed by atoms with van der Waals surface area (Å²) in [5.74, 6) is -1.75. The molecule has 5 atom stereocenters. The van der Waals surface area contributed by atoms with Crippen LogP contribution in [0.15, 0.2) is 67.0 Å². The van der Waals surface area contributed by atoms with E-state index in [0.717, 1.165) is 44.1 Å². The van der Waals surface area contributed by atoms with Gasteiger partial charge in [-0.2, -0.15) is 0 Å². The number of amides is 2. The lowest BCUT2D eigenvalue weighted by atomic mass is 9.85. The Kier molecular flexibility index (Phi) is 10.0. The fourth-order valence-corrected chi connectivity index (χ4v) is 6.45. The molecular formula is C31H34ClN5O7. The van der Waals surface area contributed by atoms with Gasteiger partial charge in [0.2, 0.25) is 17.8 Å². The summed E-state index contributed by atoms with van der Waals surface area (Å²) in [5.41, 5.74) is 1.01. The summed E-state index contributed by atoms with van der Waals surface area (Å²) in [6, 6.07) is 9.39. The number of carboxylic acid groups (broad SMARTS) is 2. The molecule has 4 aliphatic rings. The van der Waals surface area contributed by atoms with Crippen molar-refractivity contribution in [1.82, 2.24) is 19.8 Å². The lowest BCUT2D eigenvalue weighted by Crippen LogP contribution is -2.51. The van der Waals surface area contributed by atoms with E-state index in [-0.39, 0.29) is 41.6 Å². The number of likely N-dealkylation sites (tertiary alicyclic amines) is 1. The summed E-state index contributed by atoms with van der Waals surface area (Å²) in [6.45, 7) is 4.63. The highest BCUT2D eigenvalue weighted by molar-refractivity contribution is 6.30. The Labute approximate surface area is 259 Å². The minimum atomic E-state index is -1.26. The second kappa shape index (κ2) is 14.1. The van der Waals surface area contributed by atoms with Gasteiger partial charge in [0.1, 0.15) is 0 Å². The minimum Gasteiger partial charge on any atom is -0.478 e. The number of carbonyl (C=O) groups is 4. The van der Waals surface area contributed by atoms with Crippen LogP contribution in [0.5, 0.6) is 0 Å². The van der Waals surface area contributed by atoms with Crippen LogP contribution in [-0.4, -0.2) is 99.1 Å². The van der Waals surface area contributed by atoms with E-state index in [1.165, 1.54) is 4.90 Å². The zero-order valence-electron chi connectivity index (χ0n) is 23.9. The number of aliphatic carboxylic acids is 2. The van der Waals surface area contributed by atoms with Gasteiger partial charge in [0.05, 0.1) is 31.1 Å². The van der Waals surface area contributed by atoms with Crippen LogP contribution in [0.25, 0.3) is 0 Å². The third kappa shape index (κ3) is 7.50. The number of benzene rings is 1. The van der Waals surface area contributed by atoms with Crippen LogP contribution in [0.4, 0.5) is 5.95 Å². The van der Waals surface area contributed by atoms with Crippen LogP contribution >= 0.6 is 11.6 Å². The van der Waals surface area contributed by atoms with Crippen molar-refractivity contribution in [2.45, 2.75) is 19.1 Å². The number of rotatable bonds is 10. The molecule has 2 bridgehead atoms. The second-order valence-corrected chi connectivity index (χ2v) is 11.6. The fraction of sp³-hybridized carbons (Fsp3) is 0.419. The van der Waals surface area contributed by atoms with E-state index in [9.17, 15) is 19.2 Å². The van der Waals surface area contributed by atoms with Crippen molar-refractivity contribution < 1.29 is 34.1 Å². The van der Waals surface area contributed by atoms with Crippen LogP contribution in [0, 0.1) is 23.7 Å². The largest absolute Gasteiger partial charge is 0.478 e. The molecule has 0 spiro atoms. The molecule has 12 nitrogen and oxygen atoms in total. The molecule has 44 heavy (non-hydrogen) atoms. The van der Waals surface area contributed by atoms with E-state index < -0.39 is 11.9 Å². The van der Waals surface area contributed by atoms with E-state index in [2.05, 4.69) is 31.9 Å². The predicted octanol–water partition coefficient (Wildman–Crippen LogP) is 2.36. The molecule has 3 heterocycles. The van der Waals surface area contributed by atoms with Crippen LogP contribution in [0.1, 0.15) is 12.0 Å².